The molecule has 3 aromatic rings. The fourth-order valence-electron chi connectivity index (χ4n) is 2.70. The van der Waals surface area contributed by atoms with E-state index < -0.39 is 0 Å². The van der Waals surface area contributed by atoms with Crippen LogP contribution in [0.4, 0.5) is 0 Å². The van der Waals surface area contributed by atoms with Gasteiger partial charge in [-0.15, -0.1) is 0 Å². The van der Waals surface area contributed by atoms with Crippen LogP contribution in [0, 0.1) is 0 Å². The quantitative estimate of drug-likeness (QED) is 0.671. The summed E-state index contributed by atoms with van der Waals surface area (Å²) in [6.07, 6.45) is 1.71. The number of methoxy groups -OCH3 is 1. The molecule has 0 fully saturated rings. The van der Waals surface area contributed by atoms with Crippen molar-refractivity contribution in [3.8, 4) is 11.4 Å². The second-order valence-corrected chi connectivity index (χ2v) is 6.41. The number of hydrogen-bond donors (Lipinski definition) is 0. The molecule has 1 unspecified atom stereocenters. The number of carbonyl (C=O) groups is 1. The molecule has 26 heavy (non-hydrogen) atoms. The molecule has 1 atom stereocenters. The average Bonchev–Trinajstić information content (AvgIpc) is 3.11. The number of benzene rings is 2. The highest BCUT2D eigenvalue weighted by molar-refractivity contribution is 6.30. The second kappa shape index (κ2) is 7.62. The van der Waals surface area contributed by atoms with Gasteiger partial charge < -0.3 is 9.64 Å². The van der Waals surface area contributed by atoms with Gasteiger partial charge in [0, 0.05) is 12.1 Å². The van der Waals surface area contributed by atoms with E-state index in [2.05, 4.69) is 5.10 Å². The lowest BCUT2D eigenvalue weighted by Gasteiger charge is -2.25. The van der Waals surface area contributed by atoms with Crippen molar-refractivity contribution in [3.05, 3.63) is 77.1 Å². The number of hydrogen-bond acceptors (Lipinski definition) is 3. The van der Waals surface area contributed by atoms with Crippen molar-refractivity contribution in [2.75, 3.05) is 14.2 Å². The zero-order valence-corrected chi connectivity index (χ0v) is 15.6. The molecule has 1 heterocycles. The molecular formula is C20H20ClN3O2. The van der Waals surface area contributed by atoms with Crippen LogP contribution in [0.3, 0.4) is 0 Å². The van der Waals surface area contributed by atoms with E-state index in [-0.39, 0.29) is 17.6 Å². The van der Waals surface area contributed by atoms with Crippen LogP contribution >= 0.6 is 11.6 Å². The summed E-state index contributed by atoms with van der Waals surface area (Å²) in [6, 6.07) is 16.9. The fraction of sp³-hybridized carbons (Fsp3) is 0.200. The normalized spacial score (nSPS) is 11.8. The topological polar surface area (TPSA) is 47.4 Å². The number of aromatic nitrogens is 2. The van der Waals surface area contributed by atoms with Gasteiger partial charge in [-0.3, -0.25) is 4.79 Å². The molecule has 0 spiro atoms. The second-order valence-electron chi connectivity index (χ2n) is 5.97. The Morgan fingerprint density at radius 3 is 2.58 bits per heavy atom. The molecule has 3 rings (SSSR count). The zero-order valence-electron chi connectivity index (χ0n) is 14.9. The SMILES string of the molecule is COc1cn(-c2ccccc2)nc1C(=O)N(C)C(C)c1cccc(Cl)c1. The van der Waals surface area contributed by atoms with Crippen molar-refractivity contribution in [2.45, 2.75) is 13.0 Å². The Balaban J connectivity index is 1.90. The Bertz CT molecular complexity index is 908. The molecule has 0 aliphatic heterocycles. The van der Waals surface area contributed by atoms with E-state index in [1.807, 2.05) is 61.5 Å². The monoisotopic (exact) mass is 369 g/mol. The van der Waals surface area contributed by atoms with Gasteiger partial charge in [-0.25, -0.2) is 4.68 Å². The van der Waals surface area contributed by atoms with E-state index in [9.17, 15) is 4.79 Å². The first-order valence-electron chi connectivity index (χ1n) is 8.23. The van der Waals surface area contributed by atoms with E-state index in [0.717, 1.165) is 11.3 Å². The first-order valence-corrected chi connectivity index (χ1v) is 8.60. The molecule has 0 radical (unpaired) electrons. The number of para-hydroxylation sites is 1. The van der Waals surface area contributed by atoms with E-state index in [4.69, 9.17) is 16.3 Å². The molecule has 1 amide bonds. The van der Waals surface area contributed by atoms with Crippen molar-refractivity contribution < 1.29 is 9.53 Å². The van der Waals surface area contributed by atoms with Gasteiger partial charge in [-0.05, 0) is 36.8 Å². The third-order valence-corrected chi connectivity index (χ3v) is 4.59. The molecule has 134 valence electrons. The number of nitrogens with zero attached hydrogens (tertiary/aromatic N) is 3. The maximum absolute atomic E-state index is 13.0. The summed E-state index contributed by atoms with van der Waals surface area (Å²) in [5.74, 6) is 0.216. The van der Waals surface area contributed by atoms with Crippen molar-refractivity contribution in [3.63, 3.8) is 0 Å². The van der Waals surface area contributed by atoms with Crippen LogP contribution in [0.15, 0.2) is 60.8 Å². The van der Waals surface area contributed by atoms with Crippen LogP contribution in [0.25, 0.3) is 5.69 Å². The minimum atomic E-state index is -0.219. The molecule has 5 nitrogen and oxygen atoms in total. The minimum absolute atomic E-state index is 0.159. The zero-order chi connectivity index (χ0) is 18.7. The first kappa shape index (κ1) is 18.0. The highest BCUT2D eigenvalue weighted by Crippen LogP contribution is 2.26. The Labute approximate surface area is 157 Å². The smallest absolute Gasteiger partial charge is 0.278 e. The Kier molecular flexibility index (Phi) is 5.28. The van der Waals surface area contributed by atoms with E-state index >= 15 is 0 Å². The van der Waals surface area contributed by atoms with Crippen molar-refractivity contribution >= 4 is 17.5 Å². The average molecular weight is 370 g/mol. The summed E-state index contributed by atoms with van der Waals surface area (Å²) in [5, 5.41) is 5.08. The Hall–Kier alpha value is -2.79. The molecule has 0 aliphatic rings. The number of rotatable bonds is 5. The highest BCUT2D eigenvalue weighted by Gasteiger charge is 2.25. The number of amides is 1. The maximum Gasteiger partial charge on any atom is 0.278 e. The fourth-order valence-corrected chi connectivity index (χ4v) is 2.90. The van der Waals surface area contributed by atoms with Gasteiger partial charge in [-0.1, -0.05) is 41.9 Å². The van der Waals surface area contributed by atoms with Crippen LogP contribution in [0.5, 0.6) is 5.75 Å². The van der Waals surface area contributed by atoms with Gasteiger partial charge >= 0.3 is 0 Å². The number of ether oxygens (including phenoxy) is 1. The molecule has 1 aromatic heterocycles. The van der Waals surface area contributed by atoms with Gasteiger partial charge in [-0.2, -0.15) is 5.10 Å². The standard InChI is InChI=1S/C20H20ClN3O2/c1-14(15-8-7-9-16(21)12-15)23(2)20(25)19-18(26-3)13-24(22-19)17-10-5-4-6-11-17/h4-14H,1-3H3. The van der Waals surface area contributed by atoms with Crippen molar-refractivity contribution in [1.29, 1.82) is 0 Å². The molecular weight excluding hydrogens is 350 g/mol. The lowest BCUT2D eigenvalue weighted by atomic mass is 10.1. The summed E-state index contributed by atoms with van der Waals surface area (Å²) in [5.41, 5.74) is 2.08. The molecule has 0 N–H and O–H groups in total. The summed E-state index contributed by atoms with van der Waals surface area (Å²) >= 11 is 6.07. The van der Waals surface area contributed by atoms with Gasteiger partial charge in [0.2, 0.25) is 0 Å². The summed E-state index contributed by atoms with van der Waals surface area (Å²) in [6.45, 7) is 1.95. The predicted molar refractivity (Wildman–Crippen MR) is 102 cm³/mol. The summed E-state index contributed by atoms with van der Waals surface area (Å²) < 4.78 is 7.01. The van der Waals surface area contributed by atoms with Crippen molar-refractivity contribution in [2.24, 2.45) is 0 Å². The highest BCUT2D eigenvalue weighted by atomic mass is 35.5. The van der Waals surface area contributed by atoms with Crippen LogP contribution in [0.1, 0.15) is 29.0 Å². The van der Waals surface area contributed by atoms with E-state index in [1.54, 1.807) is 22.8 Å². The molecule has 0 aliphatic carbocycles. The number of halogens is 1. The molecule has 6 heteroatoms. The van der Waals surface area contributed by atoms with Crippen LogP contribution in [-0.2, 0) is 0 Å². The van der Waals surface area contributed by atoms with Crippen LogP contribution in [0.2, 0.25) is 5.02 Å². The maximum atomic E-state index is 13.0. The van der Waals surface area contributed by atoms with Crippen LogP contribution < -0.4 is 4.74 Å². The molecule has 0 bridgehead atoms. The summed E-state index contributed by atoms with van der Waals surface area (Å²) in [4.78, 5) is 14.6. The lowest BCUT2D eigenvalue weighted by molar-refractivity contribution is 0.0733. The summed E-state index contributed by atoms with van der Waals surface area (Å²) in [7, 11) is 3.28. The third kappa shape index (κ3) is 3.58. The van der Waals surface area contributed by atoms with Gasteiger partial charge in [0.1, 0.15) is 0 Å². The lowest BCUT2D eigenvalue weighted by Crippen LogP contribution is -2.30. The third-order valence-electron chi connectivity index (χ3n) is 4.36. The van der Waals surface area contributed by atoms with Gasteiger partial charge in [0.25, 0.3) is 5.91 Å². The van der Waals surface area contributed by atoms with E-state index in [0.29, 0.717) is 10.8 Å². The van der Waals surface area contributed by atoms with E-state index in [1.165, 1.54) is 7.11 Å². The Morgan fingerprint density at radius 2 is 1.92 bits per heavy atom. The Morgan fingerprint density at radius 1 is 1.19 bits per heavy atom. The predicted octanol–water partition coefficient (Wildman–Crippen LogP) is 4.37. The molecule has 2 aromatic carbocycles. The largest absolute Gasteiger partial charge is 0.493 e. The minimum Gasteiger partial charge on any atom is -0.493 e. The first-order chi connectivity index (χ1) is 12.5. The van der Waals surface area contributed by atoms with Gasteiger partial charge in [0.15, 0.2) is 11.4 Å². The molecule has 0 saturated carbocycles. The van der Waals surface area contributed by atoms with Crippen molar-refractivity contribution in [1.82, 2.24) is 14.7 Å². The van der Waals surface area contributed by atoms with Gasteiger partial charge in [0.05, 0.1) is 25.0 Å². The number of carbonyl (C=O) groups excluding carboxylic acids is 1. The van der Waals surface area contributed by atoms with Crippen LogP contribution in [-0.4, -0.2) is 34.7 Å². The molecule has 0 saturated heterocycles.